The molecule has 1 aromatic heterocycles. The molecular weight excluding hydrogens is 629 g/mol. The number of furan rings is 1. The minimum atomic E-state index is -1.26. The number of rotatable bonds is 3. The van der Waals surface area contributed by atoms with Crippen molar-refractivity contribution < 1.29 is 41.4 Å². The van der Waals surface area contributed by atoms with Gasteiger partial charge in [-0.1, -0.05) is 159 Å². The van der Waals surface area contributed by atoms with E-state index in [1.807, 2.05) is 0 Å². The molecule has 0 atom stereocenters. The lowest BCUT2D eigenvalue weighted by Crippen LogP contribution is -2.14. The van der Waals surface area contributed by atoms with Crippen LogP contribution in [-0.2, 0) is 5.41 Å². The molecule has 0 bridgehead atoms. The largest absolute Gasteiger partial charge is 0.455 e. The molecule has 1 aliphatic carbocycles. The van der Waals surface area contributed by atoms with Gasteiger partial charge in [0.1, 0.15) is 11.2 Å². The van der Waals surface area contributed by atoms with Crippen molar-refractivity contribution in [1.82, 2.24) is 0 Å². The lowest BCUT2D eigenvalue weighted by molar-refractivity contribution is 0.660. The van der Waals surface area contributed by atoms with E-state index in [9.17, 15) is 16.4 Å². The predicted octanol–water partition coefficient (Wildman–Crippen LogP) is 14.4. The van der Waals surface area contributed by atoms with E-state index in [1.165, 1.54) is 6.07 Å². The Bertz CT molecular complexity index is 4540. The van der Waals surface area contributed by atoms with E-state index in [1.54, 1.807) is 13.8 Å². The highest BCUT2D eigenvalue weighted by atomic mass is 16.3. The van der Waals surface area contributed by atoms with Crippen LogP contribution in [0.4, 0.5) is 0 Å². The van der Waals surface area contributed by atoms with E-state index >= 15 is 0 Å². The molecule has 1 heterocycles. The maximum absolute atomic E-state index is 9.90. The Morgan fingerprint density at radius 1 is 0.423 bits per heavy atom. The highest BCUT2D eigenvalue weighted by Gasteiger charge is 2.35. The molecule has 0 unspecified atom stereocenters. The molecule has 0 fully saturated rings. The summed E-state index contributed by atoms with van der Waals surface area (Å²) in [4.78, 5) is 0. The fraction of sp³-hybridized carbons (Fsp3) is 0.0588. The van der Waals surface area contributed by atoms with Crippen molar-refractivity contribution in [3.05, 3.63) is 180 Å². The zero-order chi connectivity index (χ0) is 58.0. The van der Waals surface area contributed by atoms with Gasteiger partial charge < -0.3 is 4.42 Å². The van der Waals surface area contributed by atoms with Crippen molar-refractivity contribution >= 4 is 54.3 Å². The molecule has 1 heteroatoms. The molecule has 10 aromatic rings. The fourth-order valence-corrected chi connectivity index (χ4v) is 7.10. The third kappa shape index (κ3) is 4.11. The number of fused-ring (bicyclic) bond motifs is 10. The van der Waals surface area contributed by atoms with E-state index in [0.717, 1.165) is 0 Å². The average Bonchev–Trinajstić information content (AvgIpc) is 3.48. The second-order valence-corrected chi connectivity index (χ2v) is 12.7. The first-order valence-electron chi connectivity index (χ1n) is 29.5. The van der Waals surface area contributed by atoms with E-state index in [4.69, 9.17) is 25.0 Å². The van der Waals surface area contributed by atoms with Gasteiger partial charge in [0.2, 0.25) is 0 Å². The fourth-order valence-electron chi connectivity index (χ4n) is 7.10. The summed E-state index contributed by atoms with van der Waals surface area (Å²) < 4.78 is 252. The van der Waals surface area contributed by atoms with E-state index in [0.29, 0.717) is 0 Å². The van der Waals surface area contributed by atoms with Crippen LogP contribution in [0, 0.1) is 0 Å². The monoisotopic (exact) mass is 689 g/mol. The smallest absolute Gasteiger partial charge is 0.143 e. The molecule has 0 amide bonds. The summed E-state index contributed by atoms with van der Waals surface area (Å²) >= 11 is 0. The molecule has 0 N–H and O–H groups in total. The maximum atomic E-state index is 9.90. The molecular formula is C51H34O. The molecule has 0 saturated carbocycles. The summed E-state index contributed by atoms with van der Waals surface area (Å²) in [6, 6.07) is -20.5. The van der Waals surface area contributed by atoms with Crippen molar-refractivity contribution in [2.45, 2.75) is 19.3 Å². The van der Waals surface area contributed by atoms with Crippen LogP contribution in [0.25, 0.3) is 98.8 Å². The van der Waals surface area contributed by atoms with Gasteiger partial charge in [-0.3, -0.25) is 0 Å². The highest BCUT2D eigenvalue weighted by molar-refractivity contribution is 6.22. The van der Waals surface area contributed by atoms with Gasteiger partial charge in [0, 0.05) is 21.6 Å². The quantitative estimate of drug-likeness (QED) is 0.168. The Balaban J connectivity index is 1.30. The first kappa shape index (κ1) is 13.3. The highest BCUT2D eigenvalue weighted by Crippen LogP contribution is 2.51. The van der Waals surface area contributed by atoms with E-state index in [2.05, 4.69) is 0 Å². The third-order valence-corrected chi connectivity index (χ3v) is 9.55. The molecule has 1 aliphatic rings. The Hall–Kier alpha value is -6.44. The summed E-state index contributed by atoms with van der Waals surface area (Å²) in [5.74, 6) is 0. The molecule has 0 saturated heterocycles. The summed E-state index contributed by atoms with van der Waals surface area (Å²) in [6.45, 7) is 3.26. The van der Waals surface area contributed by atoms with Gasteiger partial charge in [0.05, 0.1) is 37.0 Å². The average molecular weight is 690 g/mol. The summed E-state index contributed by atoms with van der Waals surface area (Å²) in [7, 11) is 0. The van der Waals surface area contributed by atoms with Gasteiger partial charge >= 0.3 is 0 Å². The van der Waals surface area contributed by atoms with Crippen LogP contribution in [-0.4, -0.2) is 0 Å². The molecule has 52 heavy (non-hydrogen) atoms. The van der Waals surface area contributed by atoms with Gasteiger partial charge in [-0.2, -0.15) is 0 Å². The topological polar surface area (TPSA) is 13.1 Å². The number of hydrogen-bond donors (Lipinski definition) is 0. The Morgan fingerprint density at radius 2 is 1.02 bits per heavy atom. The standard InChI is InChI=1S/C51H34O/c1-51(2)45-18-10-9-13-37(45)43-30-35(24-27-46(43)51)49-40-16-7-5-14-38(40)48(39-15-6-8-17-41(39)49)33-21-19-31(20-22-33)34-25-28-47-44(29-34)42-26-23-32-11-3-4-12-36(32)50(42)52-47/h3-30H,1-2H3/i3D,4D,5D,6D,7D,8D,9D,10D,11D,12D,13D,14D,15D,16D,17D,18D,19D,20D,21D,22D,23D,24D,25D,26D,28D,29D,30D. The summed E-state index contributed by atoms with van der Waals surface area (Å²) in [5.41, 5.74) is -6.25. The Labute approximate surface area is 340 Å². The predicted molar refractivity (Wildman–Crippen MR) is 220 cm³/mol. The van der Waals surface area contributed by atoms with Crippen LogP contribution < -0.4 is 0 Å². The second kappa shape index (κ2) is 10.8. The van der Waals surface area contributed by atoms with Crippen LogP contribution >= 0.6 is 0 Å². The second-order valence-electron chi connectivity index (χ2n) is 12.7. The summed E-state index contributed by atoms with van der Waals surface area (Å²) in [5, 5.41) is -4.18. The minimum Gasteiger partial charge on any atom is -0.455 e. The zero-order valence-electron chi connectivity index (χ0n) is 54.0. The van der Waals surface area contributed by atoms with Crippen molar-refractivity contribution in [2.75, 3.05) is 0 Å². The van der Waals surface area contributed by atoms with Crippen LogP contribution in [0.15, 0.2) is 174 Å². The lowest BCUT2D eigenvalue weighted by Gasteiger charge is -2.22. The molecule has 11 rings (SSSR count). The van der Waals surface area contributed by atoms with Crippen molar-refractivity contribution in [3.8, 4) is 44.5 Å². The zero-order valence-corrected chi connectivity index (χ0v) is 27.0. The maximum Gasteiger partial charge on any atom is 0.143 e. The van der Waals surface area contributed by atoms with Crippen molar-refractivity contribution in [1.29, 1.82) is 0 Å². The molecule has 0 aliphatic heterocycles. The van der Waals surface area contributed by atoms with Crippen molar-refractivity contribution in [2.24, 2.45) is 0 Å². The van der Waals surface area contributed by atoms with E-state index < -0.39 is 251 Å². The lowest BCUT2D eigenvalue weighted by atomic mass is 9.81. The normalized spacial score (nSPS) is 20.6. The van der Waals surface area contributed by atoms with Gasteiger partial charge in [-0.15, -0.1) is 0 Å². The minimum absolute atomic E-state index is 0.0847. The van der Waals surface area contributed by atoms with Crippen LogP contribution in [0.5, 0.6) is 0 Å². The van der Waals surface area contributed by atoms with Crippen molar-refractivity contribution in [3.63, 3.8) is 0 Å². The molecule has 244 valence electrons. The molecule has 0 spiro atoms. The first-order valence-corrected chi connectivity index (χ1v) is 16.0. The number of benzene rings is 9. The van der Waals surface area contributed by atoms with Gasteiger partial charge in [0.15, 0.2) is 0 Å². The first-order chi connectivity index (χ1) is 36.8. The molecule has 1 nitrogen and oxygen atoms in total. The molecule has 0 radical (unpaired) electrons. The van der Waals surface area contributed by atoms with Crippen LogP contribution in [0.1, 0.15) is 62.0 Å². The van der Waals surface area contributed by atoms with E-state index in [-0.39, 0.29) is 27.6 Å². The Morgan fingerprint density at radius 3 is 1.75 bits per heavy atom. The SMILES string of the molecule is [2H]c1cc2c(c([2H])c1-c1c3c([2H])c([2H])c([2H])c([2H])c3c(-c3c([2H])c([2H])c(-c4c([2H])c([2H])c5oc6c7c([2H])c([2H])c([2H])c([2H])c7c([2H])c([2H])c6c5c4[2H])c([2H])c3[2H])c3c([2H])c([2H])c([2H])c([2H])c13)-c1c([2H])c([2H])c([2H])c([2H])c1C2(C)C. The van der Waals surface area contributed by atoms with Gasteiger partial charge in [-0.25, -0.2) is 0 Å². The van der Waals surface area contributed by atoms with Gasteiger partial charge in [-0.05, 0) is 107 Å². The van der Waals surface area contributed by atoms with Crippen LogP contribution in [0.2, 0.25) is 0 Å². The summed E-state index contributed by atoms with van der Waals surface area (Å²) in [6.07, 6.45) is 0. The van der Waals surface area contributed by atoms with Gasteiger partial charge in [0.25, 0.3) is 0 Å². The number of hydrogen-bond acceptors (Lipinski definition) is 1. The molecule has 9 aromatic carbocycles. The Kier molecular flexibility index (Phi) is 2.75. The third-order valence-electron chi connectivity index (χ3n) is 9.55. The van der Waals surface area contributed by atoms with Crippen LogP contribution in [0.3, 0.4) is 0 Å².